The molecule has 1 aromatic heterocycles. The van der Waals surface area contributed by atoms with Crippen molar-refractivity contribution in [2.45, 2.75) is 0 Å². The summed E-state index contributed by atoms with van der Waals surface area (Å²) in [6.45, 7) is 1.76. The molecule has 0 fully saturated rings. The first-order valence-corrected chi connectivity index (χ1v) is 6.57. The van der Waals surface area contributed by atoms with Crippen LogP contribution in [-0.4, -0.2) is 29.4 Å². The lowest BCUT2D eigenvalue weighted by Gasteiger charge is -2.17. The van der Waals surface area contributed by atoms with Crippen molar-refractivity contribution in [2.75, 3.05) is 18.5 Å². The minimum atomic E-state index is 0.851. The minimum Gasteiger partial charge on any atom is -0.296 e. The third-order valence-electron chi connectivity index (χ3n) is 2.40. The fourth-order valence-corrected chi connectivity index (χ4v) is 2.96. The van der Waals surface area contributed by atoms with Gasteiger partial charge in [0.05, 0.1) is 39.0 Å². The summed E-state index contributed by atoms with van der Waals surface area (Å²) in [5, 5.41) is 1.97. The first-order valence-electron chi connectivity index (χ1n) is 4.89. The van der Waals surface area contributed by atoms with Crippen molar-refractivity contribution < 1.29 is 0 Å². The predicted octanol–water partition coefficient (Wildman–Crippen LogP) is 2.73. The van der Waals surface area contributed by atoms with Gasteiger partial charge < -0.3 is 0 Å². The second kappa shape index (κ2) is 4.03. The second-order valence-electron chi connectivity index (χ2n) is 3.45. The van der Waals surface area contributed by atoms with Gasteiger partial charge in [0.15, 0.2) is 0 Å². The smallest absolute Gasteiger partial charge is 0.104 e. The summed E-state index contributed by atoms with van der Waals surface area (Å²) in [5.74, 6) is 0. The summed E-state index contributed by atoms with van der Waals surface area (Å²) in [4.78, 5) is 8.49. The van der Waals surface area contributed by atoms with E-state index in [0.717, 1.165) is 28.8 Å². The van der Waals surface area contributed by atoms with Crippen LogP contribution in [0.15, 0.2) is 27.1 Å². The number of thiazole rings is 1. The lowest BCUT2D eigenvalue weighted by atomic mass is 10.3. The summed E-state index contributed by atoms with van der Waals surface area (Å²) in [5.41, 5.74) is 7.18. The molecule has 0 amide bonds. The fourth-order valence-electron chi connectivity index (χ4n) is 1.60. The number of benzene rings is 1. The van der Waals surface area contributed by atoms with Crippen LogP contribution in [0, 0.1) is 0 Å². The normalized spacial score (nSPS) is 14.9. The van der Waals surface area contributed by atoms with Crippen LogP contribution in [0.4, 0.5) is 5.69 Å². The number of hydrogen-bond donors (Lipinski definition) is 1. The van der Waals surface area contributed by atoms with Crippen LogP contribution >= 0.6 is 27.3 Å². The number of hydrogen-bond acceptors (Lipinski definition) is 5. The number of aliphatic imine (C=N–C) groups is 1. The Bertz CT molecular complexity index is 551. The molecule has 82 valence electrons. The number of fused-ring (bicyclic) bond motifs is 1. The first kappa shape index (κ1) is 10.0. The van der Waals surface area contributed by atoms with E-state index in [9.17, 15) is 0 Å². The number of halogens is 1. The first-order chi connectivity index (χ1) is 7.84. The molecular formula is C10H9BrN4S. The zero-order valence-electron chi connectivity index (χ0n) is 8.35. The highest BCUT2D eigenvalue weighted by Gasteiger charge is 2.10. The van der Waals surface area contributed by atoms with Gasteiger partial charge >= 0.3 is 0 Å². The molecule has 4 nitrogen and oxygen atoms in total. The number of hydrazine groups is 1. The number of nitrogens with one attached hydrogen (secondary N) is 1. The molecule has 0 bridgehead atoms. The summed E-state index contributed by atoms with van der Waals surface area (Å²) in [7, 11) is 0. The largest absolute Gasteiger partial charge is 0.296 e. The maximum atomic E-state index is 4.33. The van der Waals surface area contributed by atoms with Crippen molar-refractivity contribution in [1.29, 1.82) is 0 Å². The van der Waals surface area contributed by atoms with Gasteiger partial charge in [-0.1, -0.05) is 0 Å². The molecule has 2 heterocycles. The molecule has 16 heavy (non-hydrogen) atoms. The maximum Gasteiger partial charge on any atom is 0.104 e. The molecule has 0 saturated heterocycles. The average Bonchev–Trinajstić information content (AvgIpc) is 2.93. The lowest BCUT2D eigenvalue weighted by Crippen LogP contribution is -2.26. The lowest BCUT2D eigenvalue weighted by molar-refractivity contribution is 0.557. The Morgan fingerprint density at radius 3 is 3.19 bits per heavy atom. The highest BCUT2D eigenvalue weighted by molar-refractivity contribution is 9.10. The van der Waals surface area contributed by atoms with Gasteiger partial charge in [0.1, 0.15) is 6.34 Å². The second-order valence-corrected chi connectivity index (χ2v) is 5.13. The number of rotatable bonds is 2. The summed E-state index contributed by atoms with van der Waals surface area (Å²) < 4.78 is 2.19. The molecule has 0 radical (unpaired) electrons. The molecule has 2 aromatic rings. The minimum absolute atomic E-state index is 0.851. The Morgan fingerprint density at radius 1 is 1.44 bits per heavy atom. The van der Waals surface area contributed by atoms with Gasteiger partial charge in [-0.25, -0.2) is 4.98 Å². The van der Waals surface area contributed by atoms with Crippen molar-refractivity contribution in [3.8, 4) is 0 Å². The van der Waals surface area contributed by atoms with Crippen molar-refractivity contribution >= 4 is 49.5 Å². The van der Waals surface area contributed by atoms with Gasteiger partial charge in [-0.3, -0.25) is 15.4 Å². The van der Waals surface area contributed by atoms with Gasteiger partial charge in [-0.15, -0.1) is 11.3 Å². The summed E-state index contributed by atoms with van der Waals surface area (Å²) in [6.07, 6.45) is 1.82. The third-order valence-corrected chi connectivity index (χ3v) is 3.99. The Morgan fingerprint density at radius 2 is 2.38 bits per heavy atom. The molecule has 3 rings (SSSR count). The van der Waals surface area contributed by atoms with E-state index in [0.29, 0.717) is 0 Å². The summed E-state index contributed by atoms with van der Waals surface area (Å²) >= 11 is 5.22. The molecule has 1 N–H and O–H groups in total. The quantitative estimate of drug-likeness (QED) is 0.926. The Balaban J connectivity index is 1.96. The van der Waals surface area contributed by atoms with Gasteiger partial charge in [0.25, 0.3) is 0 Å². The number of aromatic nitrogens is 1. The summed E-state index contributed by atoms with van der Waals surface area (Å²) in [6, 6.07) is 4.13. The standard InChI is InChI=1S/C10H9BrN4S/c11-9-7(14-15-4-3-12-5-15)1-2-8-10(9)13-6-16-8/h1-2,5-6,14H,3-4H2. The molecule has 6 heteroatoms. The molecule has 1 aromatic carbocycles. The molecular weight excluding hydrogens is 288 g/mol. The van der Waals surface area contributed by atoms with Crippen LogP contribution in [0.2, 0.25) is 0 Å². The van der Waals surface area contributed by atoms with E-state index in [-0.39, 0.29) is 0 Å². The van der Waals surface area contributed by atoms with E-state index in [2.05, 4.69) is 43.5 Å². The Kier molecular flexibility index (Phi) is 2.53. The van der Waals surface area contributed by atoms with E-state index in [1.807, 2.05) is 16.9 Å². The third kappa shape index (κ3) is 1.68. The van der Waals surface area contributed by atoms with Gasteiger partial charge in [-0.05, 0) is 28.1 Å². The van der Waals surface area contributed by atoms with Crippen molar-refractivity contribution in [3.05, 3.63) is 22.1 Å². The highest BCUT2D eigenvalue weighted by atomic mass is 79.9. The predicted molar refractivity (Wildman–Crippen MR) is 71.0 cm³/mol. The molecule has 0 saturated carbocycles. The number of anilines is 1. The van der Waals surface area contributed by atoms with Gasteiger partial charge in [-0.2, -0.15) is 0 Å². The molecule has 0 aliphatic carbocycles. The van der Waals surface area contributed by atoms with E-state index < -0.39 is 0 Å². The molecule has 1 aliphatic heterocycles. The molecule has 0 spiro atoms. The molecule has 0 unspecified atom stereocenters. The van der Waals surface area contributed by atoms with Crippen molar-refractivity contribution in [1.82, 2.24) is 9.99 Å². The Labute approximate surface area is 105 Å². The van der Waals surface area contributed by atoms with Crippen LogP contribution in [0.25, 0.3) is 10.2 Å². The van der Waals surface area contributed by atoms with E-state index >= 15 is 0 Å². The van der Waals surface area contributed by atoms with E-state index in [4.69, 9.17) is 0 Å². The van der Waals surface area contributed by atoms with Gasteiger partial charge in [0, 0.05) is 0 Å². The van der Waals surface area contributed by atoms with E-state index in [1.54, 1.807) is 11.3 Å². The molecule has 0 atom stereocenters. The highest BCUT2D eigenvalue weighted by Crippen LogP contribution is 2.32. The monoisotopic (exact) mass is 296 g/mol. The van der Waals surface area contributed by atoms with E-state index in [1.165, 1.54) is 4.70 Å². The SMILES string of the molecule is Brc1c(NN2C=NCC2)ccc2scnc12. The fraction of sp³-hybridized carbons (Fsp3) is 0.200. The van der Waals surface area contributed by atoms with Crippen LogP contribution in [0.5, 0.6) is 0 Å². The molecule has 1 aliphatic rings. The Hall–Kier alpha value is -1.14. The average molecular weight is 297 g/mol. The zero-order chi connectivity index (χ0) is 11.0. The van der Waals surface area contributed by atoms with Crippen LogP contribution in [-0.2, 0) is 0 Å². The van der Waals surface area contributed by atoms with Gasteiger partial charge in [0.2, 0.25) is 0 Å². The maximum absolute atomic E-state index is 4.33. The number of nitrogens with zero attached hydrogens (tertiary/aromatic N) is 3. The van der Waals surface area contributed by atoms with Crippen molar-refractivity contribution in [3.63, 3.8) is 0 Å². The zero-order valence-corrected chi connectivity index (χ0v) is 10.8. The van der Waals surface area contributed by atoms with Crippen molar-refractivity contribution in [2.24, 2.45) is 4.99 Å². The van der Waals surface area contributed by atoms with Crippen LogP contribution < -0.4 is 5.43 Å². The van der Waals surface area contributed by atoms with Crippen LogP contribution in [0.1, 0.15) is 0 Å². The topological polar surface area (TPSA) is 40.5 Å². The van der Waals surface area contributed by atoms with Crippen LogP contribution in [0.3, 0.4) is 0 Å².